The minimum Gasteiger partial charge on any atom is -0.491 e. The van der Waals surface area contributed by atoms with Gasteiger partial charge in [-0.05, 0) is 31.5 Å². The molecule has 0 aliphatic rings. The maximum absolute atomic E-state index is 10.9. The molecule has 0 saturated carbocycles. The van der Waals surface area contributed by atoms with E-state index < -0.39 is 0 Å². The highest BCUT2D eigenvalue weighted by atomic mass is 32.1. The Hall–Kier alpha value is -1.16. The molecule has 0 aliphatic heterocycles. The second kappa shape index (κ2) is 5.80. The van der Waals surface area contributed by atoms with E-state index in [0.29, 0.717) is 6.54 Å². The fraction of sp³-hybridized carbons (Fsp3) is 0.417. The van der Waals surface area contributed by atoms with E-state index in [4.69, 9.17) is 4.74 Å². The molecule has 16 heavy (non-hydrogen) atoms. The number of hydrogen-bond donors (Lipinski definition) is 1. The predicted molar refractivity (Wildman–Crippen MR) is 68.1 cm³/mol. The van der Waals surface area contributed by atoms with E-state index in [2.05, 4.69) is 12.6 Å². The Balaban J connectivity index is 2.61. The quantitative estimate of drug-likeness (QED) is 0.819. The first-order valence-corrected chi connectivity index (χ1v) is 5.63. The Labute approximate surface area is 102 Å². The summed E-state index contributed by atoms with van der Waals surface area (Å²) in [5.41, 5.74) is 1.06. The van der Waals surface area contributed by atoms with Gasteiger partial charge in [-0.1, -0.05) is 24.8 Å². The van der Waals surface area contributed by atoms with Crippen LogP contribution in [0, 0.1) is 0 Å². The Morgan fingerprint density at radius 3 is 2.38 bits per heavy atom. The molecule has 4 heteroatoms. The van der Waals surface area contributed by atoms with Crippen LogP contribution in [0.5, 0.6) is 5.75 Å². The number of rotatable bonds is 4. The van der Waals surface area contributed by atoms with Crippen LogP contribution >= 0.6 is 12.6 Å². The summed E-state index contributed by atoms with van der Waals surface area (Å²) in [4.78, 5) is 12.5. The molecule has 1 amide bonds. The summed E-state index contributed by atoms with van der Waals surface area (Å²) < 4.78 is 5.53. The van der Waals surface area contributed by atoms with Crippen LogP contribution in [0.2, 0.25) is 0 Å². The summed E-state index contributed by atoms with van der Waals surface area (Å²) in [6, 6.07) is 7.72. The number of benzene rings is 1. The Bertz CT molecular complexity index is 349. The molecule has 1 aromatic carbocycles. The van der Waals surface area contributed by atoms with Gasteiger partial charge < -0.3 is 9.64 Å². The number of carbonyl (C=O) groups is 1. The van der Waals surface area contributed by atoms with Gasteiger partial charge in [0.1, 0.15) is 5.75 Å². The van der Waals surface area contributed by atoms with Crippen molar-refractivity contribution in [3.63, 3.8) is 0 Å². The zero-order chi connectivity index (χ0) is 12.1. The molecular formula is C12H17NO2S. The van der Waals surface area contributed by atoms with E-state index >= 15 is 0 Å². The molecule has 0 saturated heterocycles. The minimum absolute atomic E-state index is 0.174. The smallest absolute Gasteiger partial charge is 0.278 e. The van der Waals surface area contributed by atoms with Gasteiger partial charge in [-0.2, -0.15) is 0 Å². The van der Waals surface area contributed by atoms with Crippen molar-refractivity contribution >= 4 is 17.9 Å². The lowest BCUT2D eigenvalue weighted by Gasteiger charge is -2.14. The molecule has 0 aromatic heterocycles. The largest absolute Gasteiger partial charge is 0.491 e. The third-order valence-electron chi connectivity index (χ3n) is 2.04. The van der Waals surface area contributed by atoms with Crippen molar-refractivity contribution in [3.8, 4) is 5.75 Å². The van der Waals surface area contributed by atoms with E-state index in [1.807, 2.05) is 38.1 Å². The number of carbonyl (C=O) groups excluding carboxylic acids is 1. The molecule has 3 nitrogen and oxygen atoms in total. The SMILES string of the molecule is CC(C)Oc1ccc(CN(C)C(=O)S)cc1. The summed E-state index contributed by atoms with van der Waals surface area (Å²) in [5.74, 6) is 0.846. The van der Waals surface area contributed by atoms with E-state index in [0.717, 1.165) is 11.3 Å². The van der Waals surface area contributed by atoms with Crippen LogP contribution in [0.4, 0.5) is 4.79 Å². The number of thiol groups is 1. The van der Waals surface area contributed by atoms with Crippen LogP contribution in [0.25, 0.3) is 0 Å². The Kier molecular flexibility index (Phi) is 4.68. The summed E-state index contributed by atoms with van der Waals surface area (Å²) in [6.07, 6.45) is 0.174. The molecule has 88 valence electrons. The summed E-state index contributed by atoms with van der Waals surface area (Å²) in [6.45, 7) is 4.53. The van der Waals surface area contributed by atoms with E-state index in [1.54, 1.807) is 11.9 Å². The first-order chi connectivity index (χ1) is 7.49. The number of hydrogen-bond acceptors (Lipinski definition) is 2. The first-order valence-electron chi connectivity index (χ1n) is 5.18. The normalized spacial score (nSPS) is 10.3. The molecule has 1 aromatic rings. The molecule has 0 unspecified atom stereocenters. The van der Waals surface area contributed by atoms with Gasteiger partial charge in [0, 0.05) is 13.6 Å². The van der Waals surface area contributed by atoms with Crippen LogP contribution in [-0.2, 0) is 6.54 Å². The van der Waals surface area contributed by atoms with Crippen molar-refractivity contribution < 1.29 is 9.53 Å². The molecule has 0 radical (unpaired) electrons. The lowest BCUT2D eigenvalue weighted by molar-refractivity contribution is 0.232. The highest BCUT2D eigenvalue weighted by Gasteiger charge is 2.04. The third kappa shape index (κ3) is 4.14. The fourth-order valence-corrected chi connectivity index (χ4v) is 1.36. The van der Waals surface area contributed by atoms with E-state index in [9.17, 15) is 4.79 Å². The molecule has 0 bridgehead atoms. The van der Waals surface area contributed by atoms with E-state index in [-0.39, 0.29) is 11.3 Å². The van der Waals surface area contributed by atoms with Crippen LogP contribution < -0.4 is 4.74 Å². The summed E-state index contributed by atoms with van der Waals surface area (Å²) in [7, 11) is 1.72. The van der Waals surface area contributed by atoms with Gasteiger partial charge in [0.05, 0.1) is 6.10 Å². The molecule has 1 rings (SSSR count). The predicted octanol–water partition coefficient (Wildman–Crippen LogP) is 2.96. The van der Waals surface area contributed by atoms with Crippen molar-refractivity contribution in [1.82, 2.24) is 4.90 Å². The van der Waals surface area contributed by atoms with Crippen LogP contribution in [-0.4, -0.2) is 23.3 Å². The second-order valence-corrected chi connectivity index (χ2v) is 4.33. The van der Waals surface area contributed by atoms with Crippen LogP contribution in [0.3, 0.4) is 0 Å². The first kappa shape index (κ1) is 12.9. The van der Waals surface area contributed by atoms with Gasteiger partial charge >= 0.3 is 0 Å². The molecule has 0 atom stereocenters. The van der Waals surface area contributed by atoms with Crippen molar-refractivity contribution in [2.75, 3.05) is 7.05 Å². The number of ether oxygens (including phenoxy) is 1. The van der Waals surface area contributed by atoms with Crippen LogP contribution in [0.1, 0.15) is 19.4 Å². The van der Waals surface area contributed by atoms with Crippen LogP contribution in [0.15, 0.2) is 24.3 Å². The molecule has 0 N–H and O–H groups in total. The molecule has 0 spiro atoms. The lowest BCUT2D eigenvalue weighted by Crippen LogP contribution is -2.20. The van der Waals surface area contributed by atoms with Gasteiger partial charge in [-0.3, -0.25) is 4.79 Å². The Morgan fingerprint density at radius 2 is 1.94 bits per heavy atom. The molecule has 0 aliphatic carbocycles. The van der Waals surface area contributed by atoms with Crippen molar-refractivity contribution in [2.45, 2.75) is 26.5 Å². The summed E-state index contributed by atoms with van der Waals surface area (Å²) >= 11 is 3.75. The number of amides is 1. The zero-order valence-corrected chi connectivity index (χ0v) is 10.7. The van der Waals surface area contributed by atoms with Gasteiger partial charge in [0.25, 0.3) is 5.24 Å². The lowest BCUT2D eigenvalue weighted by atomic mass is 10.2. The maximum Gasteiger partial charge on any atom is 0.278 e. The minimum atomic E-state index is -0.234. The second-order valence-electron chi connectivity index (χ2n) is 3.95. The standard InChI is InChI=1S/C12H17NO2S/c1-9(2)15-11-6-4-10(5-7-11)8-13(3)12(14)16/h4-7,9H,8H2,1-3H3,(H,14,16). The highest BCUT2D eigenvalue weighted by molar-refractivity contribution is 7.96. The van der Waals surface area contributed by atoms with Crippen molar-refractivity contribution in [3.05, 3.63) is 29.8 Å². The molecule has 0 heterocycles. The van der Waals surface area contributed by atoms with Gasteiger partial charge in [-0.15, -0.1) is 0 Å². The van der Waals surface area contributed by atoms with Gasteiger partial charge in [-0.25, -0.2) is 0 Å². The van der Waals surface area contributed by atoms with Crippen molar-refractivity contribution in [1.29, 1.82) is 0 Å². The average Bonchev–Trinajstić information content (AvgIpc) is 2.20. The Morgan fingerprint density at radius 1 is 1.38 bits per heavy atom. The maximum atomic E-state index is 10.9. The van der Waals surface area contributed by atoms with Gasteiger partial charge in [0.15, 0.2) is 0 Å². The molecular weight excluding hydrogens is 222 g/mol. The molecule has 0 fully saturated rings. The number of nitrogens with zero attached hydrogens (tertiary/aromatic N) is 1. The third-order valence-corrected chi connectivity index (χ3v) is 2.38. The average molecular weight is 239 g/mol. The van der Waals surface area contributed by atoms with E-state index in [1.165, 1.54) is 0 Å². The monoisotopic (exact) mass is 239 g/mol. The zero-order valence-electron chi connectivity index (χ0n) is 9.80. The summed E-state index contributed by atoms with van der Waals surface area (Å²) in [5, 5.41) is -0.234. The van der Waals surface area contributed by atoms with Crippen molar-refractivity contribution in [2.24, 2.45) is 0 Å². The van der Waals surface area contributed by atoms with Gasteiger partial charge in [0.2, 0.25) is 0 Å². The highest BCUT2D eigenvalue weighted by Crippen LogP contribution is 2.15. The fourth-order valence-electron chi connectivity index (χ4n) is 1.29. The topological polar surface area (TPSA) is 29.5 Å².